The van der Waals surface area contributed by atoms with Gasteiger partial charge in [-0.25, -0.2) is 4.42 Å². The summed E-state index contributed by atoms with van der Waals surface area (Å²) in [6.07, 6.45) is 0. The molecule has 0 bridgehead atoms. The molecule has 2 aromatic rings. The number of methoxy groups -OCH3 is 2. The first-order valence-electron chi connectivity index (χ1n) is 10.00. The Morgan fingerprint density at radius 2 is 1.64 bits per heavy atom. The third-order valence-corrected chi connectivity index (χ3v) is 5.01. The molecule has 0 aliphatic heterocycles. The number of hydrogen-bond donors (Lipinski definition) is 0. The molecule has 1 amide bonds. The minimum Gasteiger partial charge on any atom is -0.493 e. The van der Waals surface area contributed by atoms with Gasteiger partial charge in [-0.1, -0.05) is 17.7 Å². The maximum atomic E-state index is 13.0. The summed E-state index contributed by atoms with van der Waals surface area (Å²) in [5.74, 6) is -0.107. The summed E-state index contributed by atoms with van der Waals surface area (Å²) in [5.41, 5.74) is 0.471. The summed E-state index contributed by atoms with van der Waals surface area (Å²) >= 11 is 12.6. The van der Waals surface area contributed by atoms with Crippen LogP contribution in [0.25, 0.3) is 0 Å². The number of carbonyl (C=O) groups excluding carboxylic acids is 2. The molecule has 1 atom stereocenters. The van der Waals surface area contributed by atoms with Crippen molar-refractivity contribution in [1.29, 1.82) is 0 Å². The molecule has 33 heavy (non-hydrogen) atoms. The Hall–Kier alpha value is -3.04. The van der Waals surface area contributed by atoms with Gasteiger partial charge in [0.15, 0.2) is 17.3 Å². The van der Waals surface area contributed by atoms with Crippen molar-refractivity contribution >= 4 is 46.4 Å². The van der Waals surface area contributed by atoms with E-state index < -0.39 is 17.7 Å². The predicted octanol–water partition coefficient (Wildman–Crippen LogP) is 5.38. The first-order valence-corrected chi connectivity index (χ1v) is 10.7. The van der Waals surface area contributed by atoms with E-state index >= 15 is 0 Å². The van der Waals surface area contributed by atoms with Crippen molar-refractivity contribution in [2.45, 2.75) is 26.8 Å². The van der Waals surface area contributed by atoms with Gasteiger partial charge in [0.2, 0.25) is 6.04 Å². The molecule has 2 rings (SSSR count). The molecule has 0 N–H and O–H groups in total. The van der Waals surface area contributed by atoms with E-state index in [-0.39, 0.29) is 22.1 Å². The molecule has 0 radical (unpaired) electrons. The van der Waals surface area contributed by atoms with Gasteiger partial charge in [-0.3, -0.25) is 9.59 Å². The lowest BCUT2D eigenvalue weighted by Crippen LogP contribution is -2.36. The lowest BCUT2D eigenvalue weighted by atomic mass is 10.2. The van der Waals surface area contributed by atoms with Crippen molar-refractivity contribution in [1.82, 2.24) is 0 Å². The van der Waals surface area contributed by atoms with Crippen LogP contribution < -0.4 is 23.4 Å². The number of para-hydroxylation sites is 1. The van der Waals surface area contributed by atoms with Crippen LogP contribution in [0.4, 0.5) is 11.4 Å². The number of rotatable bonds is 11. The summed E-state index contributed by atoms with van der Waals surface area (Å²) < 4.78 is 22.3. The molecule has 0 fully saturated rings. The zero-order chi connectivity index (χ0) is 24.5. The Balaban J connectivity index is 2.40. The van der Waals surface area contributed by atoms with E-state index in [1.807, 2.05) is 0 Å². The van der Waals surface area contributed by atoms with Gasteiger partial charge in [-0.05, 0) is 32.9 Å². The first-order chi connectivity index (χ1) is 15.8. The molecule has 0 aliphatic carbocycles. The van der Waals surface area contributed by atoms with Crippen molar-refractivity contribution in [2.75, 3.05) is 31.9 Å². The highest BCUT2D eigenvalue weighted by molar-refractivity contribution is 6.39. The number of ether oxygens (including phenoxy) is 4. The molecule has 1 unspecified atom stereocenters. The van der Waals surface area contributed by atoms with Crippen LogP contribution in [0.3, 0.4) is 0 Å². The number of halogens is 2. The number of amides is 1. The Labute approximate surface area is 202 Å². The molecule has 0 aromatic heterocycles. The number of azo groups is 1. The van der Waals surface area contributed by atoms with Crippen LogP contribution in [0.15, 0.2) is 40.6 Å². The van der Waals surface area contributed by atoms with E-state index in [0.29, 0.717) is 30.5 Å². The minimum absolute atomic E-state index is 0.189. The molecule has 0 heterocycles. The van der Waals surface area contributed by atoms with Crippen molar-refractivity contribution in [3.8, 4) is 23.0 Å². The number of anilines is 1. The fraction of sp³-hybridized carbons (Fsp3) is 0.364. The number of nitrogens with zero attached hydrogens (tertiary/aromatic N) is 3. The minimum atomic E-state index is -1.50. The number of benzene rings is 2. The zero-order valence-electron chi connectivity index (χ0n) is 18.9. The maximum Gasteiger partial charge on any atom is 0.276 e. The second-order valence-electron chi connectivity index (χ2n) is 6.48. The third-order valence-electron chi connectivity index (χ3n) is 4.29. The maximum absolute atomic E-state index is 13.0. The summed E-state index contributed by atoms with van der Waals surface area (Å²) in [6, 6.07) is 6.38. The predicted molar refractivity (Wildman–Crippen MR) is 126 cm³/mol. The summed E-state index contributed by atoms with van der Waals surface area (Å²) in [5, 5.41) is 8.28. The molecule has 0 saturated carbocycles. The van der Waals surface area contributed by atoms with Crippen LogP contribution in [-0.4, -0.2) is 45.2 Å². The molecule has 178 valence electrons. The highest BCUT2D eigenvalue weighted by atomic mass is 35.5. The fourth-order valence-corrected chi connectivity index (χ4v) is 3.26. The third kappa shape index (κ3) is 6.27. The standard InChI is InChI=1S/C22H25Cl2N3O6/c1-6-32-17-11-14(12-18(19(17)23)33-7-2)25-26-20(13(3)28)22(29)27(24)15-9-8-10-16(30-4)21(15)31-5/h8-12,20H,6-7H2,1-5H3. The van der Waals surface area contributed by atoms with Gasteiger partial charge in [0.05, 0.1) is 33.1 Å². The highest BCUT2D eigenvalue weighted by Crippen LogP contribution is 2.40. The second kappa shape index (κ2) is 12.3. The Morgan fingerprint density at radius 3 is 2.12 bits per heavy atom. The van der Waals surface area contributed by atoms with Gasteiger partial charge in [0, 0.05) is 23.9 Å². The highest BCUT2D eigenvalue weighted by Gasteiger charge is 2.31. The van der Waals surface area contributed by atoms with Gasteiger partial charge in [0.1, 0.15) is 22.2 Å². The van der Waals surface area contributed by atoms with Gasteiger partial charge >= 0.3 is 0 Å². The molecular formula is C22H25Cl2N3O6. The van der Waals surface area contributed by atoms with Crippen LogP contribution in [0, 0.1) is 0 Å². The van der Waals surface area contributed by atoms with E-state index in [9.17, 15) is 9.59 Å². The smallest absolute Gasteiger partial charge is 0.276 e. The van der Waals surface area contributed by atoms with Crippen molar-refractivity contribution in [3.63, 3.8) is 0 Å². The zero-order valence-corrected chi connectivity index (χ0v) is 20.4. The molecule has 2 aromatic carbocycles. The van der Waals surface area contributed by atoms with Crippen molar-refractivity contribution < 1.29 is 28.5 Å². The molecular weight excluding hydrogens is 473 g/mol. The van der Waals surface area contributed by atoms with Crippen molar-refractivity contribution in [2.24, 2.45) is 10.2 Å². The van der Waals surface area contributed by atoms with Crippen LogP contribution in [-0.2, 0) is 9.59 Å². The first kappa shape index (κ1) is 26.2. The van der Waals surface area contributed by atoms with E-state index in [1.165, 1.54) is 33.3 Å². The molecule has 0 saturated heterocycles. The summed E-state index contributed by atoms with van der Waals surface area (Å²) in [6.45, 7) is 5.55. The molecule has 11 heteroatoms. The van der Waals surface area contributed by atoms with Gasteiger partial charge in [0.25, 0.3) is 5.91 Å². The Bertz CT molecular complexity index is 1000. The number of carbonyl (C=O) groups is 2. The van der Waals surface area contributed by atoms with Gasteiger partial charge < -0.3 is 18.9 Å². The largest absolute Gasteiger partial charge is 0.493 e. The van der Waals surface area contributed by atoms with E-state index in [2.05, 4.69) is 10.2 Å². The Kier molecular flexibility index (Phi) is 9.74. The van der Waals surface area contributed by atoms with Crippen LogP contribution in [0.2, 0.25) is 5.02 Å². The SMILES string of the molecule is CCOc1cc(N=NC(C(C)=O)C(=O)N(Cl)c2cccc(OC)c2OC)cc(OCC)c1Cl. The van der Waals surface area contributed by atoms with E-state index in [4.69, 9.17) is 42.3 Å². The lowest BCUT2D eigenvalue weighted by molar-refractivity contribution is -0.126. The normalized spacial score (nSPS) is 11.7. The molecule has 9 nitrogen and oxygen atoms in total. The number of ketones is 1. The van der Waals surface area contributed by atoms with Crippen LogP contribution >= 0.6 is 23.4 Å². The average molecular weight is 498 g/mol. The van der Waals surface area contributed by atoms with Crippen molar-refractivity contribution in [3.05, 3.63) is 35.4 Å². The van der Waals surface area contributed by atoms with Gasteiger partial charge in [-0.15, -0.1) is 0 Å². The number of hydrogen-bond acceptors (Lipinski definition) is 8. The number of Topliss-reactive ketones (excluding diaryl/α,β-unsaturated/α-hetero) is 1. The van der Waals surface area contributed by atoms with E-state index in [1.54, 1.807) is 32.0 Å². The van der Waals surface area contributed by atoms with Crippen LogP contribution in [0.5, 0.6) is 23.0 Å². The Morgan fingerprint density at radius 1 is 1.03 bits per heavy atom. The van der Waals surface area contributed by atoms with E-state index in [0.717, 1.165) is 4.42 Å². The van der Waals surface area contributed by atoms with Crippen LogP contribution in [0.1, 0.15) is 20.8 Å². The average Bonchev–Trinajstić information content (AvgIpc) is 2.80. The topological polar surface area (TPSA) is 99.0 Å². The second-order valence-corrected chi connectivity index (χ2v) is 7.20. The lowest BCUT2D eigenvalue weighted by Gasteiger charge is -2.20. The monoisotopic (exact) mass is 497 g/mol. The summed E-state index contributed by atoms with van der Waals surface area (Å²) in [4.78, 5) is 25.2. The molecule has 0 spiro atoms. The quantitative estimate of drug-likeness (QED) is 0.234. The van der Waals surface area contributed by atoms with Gasteiger partial charge in [-0.2, -0.15) is 10.2 Å². The molecule has 0 aliphatic rings. The summed E-state index contributed by atoms with van der Waals surface area (Å²) in [7, 11) is 2.86. The fourth-order valence-electron chi connectivity index (χ4n) is 2.82.